The molecule has 0 aliphatic rings. The summed E-state index contributed by atoms with van der Waals surface area (Å²) < 4.78 is 1.09. The summed E-state index contributed by atoms with van der Waals surface area (Å²) in [6, 6.07) is 31.5. The number of phenolic OH excluding ortho intramolecular Hbond substituents is 1. The van der Waals surface area contributed by atoms with Crippen molar-refractivity contribution in [3.8, 4) is 44.6 Å². The van der Waals surface area contributed by atoms with Gasteiger partial charge in [0.1, 0.15) is 10.8 Å². The number of fused-ring (bicyclic) bond motifs is 1. The van der Waals surface area contributed by atoms with Gasteiger partial charge in [0.15, 0.2) is 0 Å². The second kappa shape index (κ2) is 7.47. The first-order valence-corrected chi connectivity index (χ1v) is 10.3. The Balaban J connectivity index is 1.73. The van der Waals surface area contributed by atoms with Crippen molar-refractivity contribution in [1.29, 1.82) is 5.26 Å². The third-order valence-corrected chi connectivity index (χ3v) is 6.14. The molecule has 1 aromatic heterocycles. The maximum atomic E-state index is 10.9. The smallest absolute Gasteiger partial charge is 0.128 e. The average molecular weight is 404 g/mol. The van der Waals surface area contributed by atoms with Crippen molar-refractivity contribution in [3.63, 3.8) is 0 Å². The van der Waals surface area contributed by atoms with E-state index in [1.54, 1.807) is 29.5 Å². The number of aromatic hydroxyl groups is 1. The largest absolute Gasteiger partial charge is 0.507 e. The van der Waals surface area contributed by atoms with Crippen LogP contribution in [0, 0.1) is 11.3 Å². The first kappa shape index (κ1) is 18.1. The van der Waals surface area contributed by atoms with Gasteiger partial charge in [0.2, 0.25) is 0 Å². The molecule has 0 saturated heterocycles. The zero-order valence-corrected chi connectivity index (χ0v) is 16.7. The van der Waals surface area contributed by atoms with Crippen LogP contribution in [0.3, 0.4) is 0 Å². The van der Waals surface area contributed by atoms with Gasteiger partial charge < -0.3 is 5.11 Å². The molecule has 0 unspecified atom stereocenters. The van der Waals surface area contributed by atoms with E-state index >= 15 is 0 Å². The third kappa shape index (κ3) is 3.22. The van der Waals surface area contributed by atoms with Gasteiger partial charge in [-0.05, 0) is 58.7 Å². The number of hydrogen-bond acceptors (Lipinski definition) is 4. The number of nitrogens with zero attached hydrogens (tertiary/aromatic N) is 2. The molecule has 4 heteroatoms. The molecule has 5 rings (SSSR count). The van der Waals surface area contributed by atoms with E-state index in [2.05, 4.69) is 18.2 Å². The standard InChI is InChI=1S/C26H16N2OS/c27-16-17-10-12-19(13-11-17)21-15-24(29)22(14-20(21)18-6-2-1-3-7-18)26-28-23-8-4-5-9-25(23)30-26/h1-15,29H. The highest BCUT2D eigenvalue weighted by Gasteiger charge is 2.16. The first-order chi connectivity index (χ1) is 14.7. The second-order valence-electron chi connectivity index (χ2n) is 6.96. The van der Waals surface area contributed by atoms with Gasteiger partial charge in [-0.3, -0.25) is 0 Å². The third-order valence-electron chi connectivity index (χ3n) is 5.07. The number of para-hydroxylation sites is 1. The molecule has 1 N–H and O–H groups in total. The quantitative estimate of drug-likeness (QED) is 0.357. The van der Waals surface area contributed by atoms with Gasteiger partial charge in [-0.15, -0.1) is 11.3 Å². The van der Waals surface area contributed by atoms with E-state index in [1.165, 1.54) is 0 Å². The molecule has 0 aliphatic carbocycles. The fraction of sp³-hybridized carbons (Fsp3) is 0. The van der Waals surface area contributed by atoms with Crippen LogP contribution in [0.4, 0.5) is 0 Å². The van der Waals surface area contributed by atoms with Crippen LogP contribution in [0.5, 0.6) is 5.75 Å². The Kier molecular flexibility index (Phi) is 4.51. The van der Waals surface area contributed by atoms with Crippen LogP contribution in [-0.4, -0.2) is 10.1 Å². The molecule has 142 valence electrons. The van der Waals surface area contributed by atoms with Crippen LogP contribution >= 0.6 is 11.3 Å². The number of aromatic nitrogens is 1. The molecule has 0 spiro atoms. The van der Waals surface area contributed by atoms with Crippen LogP contribution in [-0.2, 0) is 0 Å². The number of hydrogen-bond donors (Lipinski definition) is 1. The summed E-state index contributed by atoms with van der Waals surface area (Å²) in [6.07, 6.45) is 0. The Morgan fingerprint density at radius 2 is 1.40 bits per heavy atom. The van der Waals surface area contributed by atoms with E-state index in [9.17, 15) is 5.11 Å². The van der Waals surface area contributed by atoms with E-state index in [0.29, 0.717) is 11.1 Å². The lowest BCUT2D eigenvalue weighted by molar-refractivity contribution is 0.477. The molecule has 3 nitrogen and oxygen atoms in total. The molecule has 0 amide bonds. The lowest BCUT2D eigenvalue weighted by Crippen LogP contribution is -1.89. The van der Waals surface area contributed by atoms with E-state index in [1.807, 2.05) is 60.7 Å². The summed E-state index contributed by atoms with van der Waals surface area (Å²) in [4.78, 5) is 4.73. The molecule has 0 fully saturated rings. The molecule has 0 bridgehead atoms. The molecule has 0 radical (unpaired) electrons. The van der Waals surface area contributed by atoms with Gasteiger partial charge in [-0.1, -0.05) is 54.6 Å². The molecule has 4 aromatic carbocycles. The maximum absolute atomic E-state index is 10.9. The van der Waals surface area contributed by atoms with Crippen LogP contribution in [0.15, 0.2) is 91.0 Å². The average Bonchev–Trinajstić information content (AvgIpc) is 3.23. The van der Waals surface area contributed by atoms with Crippen molar-refractivity contribution in [2.45, 2.75) is 0 Å². The minimum Gasteiger partial charge on any atom is -0.507 e. The summed E-state index contributed by atoms with van der Waals surface area (Å²) in [5, 5.41) is 20.8. The Morgan fingerprint density at radius 3 is 2.13 bits per heavy atom. The van der Waals surface area contributed by atoms with E-state index < -0.39 is 0 Å². The summed E-state index contributed by atoms with van der Waals surface area (Å²) >= 11 is 1.57. The summed E-state index contributed by atoms with van der Waals surface area (Å²) in [5.74, 6) is 0.188. The number of phenols is 1. The van der Waals surface area contributed by atoms with Crippen molar-refractivity contribution < 1.29 is 5.11 Å². The van der Waals surface area contributed by atoms with Crippen molar-refractivity contribution >= 4 is 21.6 Å². The first-order valence-electron chi connectivity index (χ1n) is 9.52. The predicted octanol–water partition coefficient (Wildman–Crippen LogP) is 6.87. The predicted molar refractivity (Wildman–Crippen MR) is 122 cm³/mol. The Labute approximate surface area is 178 Å². The van der Waals surface area contributed by atoms with Crippen LogP contribution < -0.4 is 0 Å². The summed E-state index contributed by atoms with van der Waals surface area (Å²) in [5.41, 5.74) is 6.16. The molecule has 5 aromatic rings. The highest BCUT2D eigenvalue weighted by Crippen LogP contribution is 2.42. The molecule has 0 atom stereocenters. The van der Waals surface area contributed by atoms with Gasteiger partial charge in [0.25, 0.3) is 0 Å². The highest BCUT2D eigenvalue weighted by atomic mass is 32.1. The van der Waals surface area contributed by atoms with E-state index in [4.69, 9.17) is 10.2 Å². The normalized spacial score (nSPS) is 10.8. The van der Waals surface area contributed by atoms with Crippen LogP contribution in [0.2, 0.25) is 0 Å². The maximum Gasteiger partial charge on any atom is 0.128 e. The molecule has 0 aliphatic heterocycles. The van der Waals surface area contributed by atoms with Crippen LogP contribution in [0.1, 0.15) is 5.56 Å². The lowest BCUT2D eigenvalue weighted by atomic mass is 9.92. The van der Waals surface area contributed by atoms with Crippen molar-refractivity contribution in [2.24, 2.45) is 0 Å². The summed E-state index contributed by atoms with van der Waals surface area (Å²) in [6.45, 7) is 0. The lowest BCUT2D eigenvalue weighted by Gasteiger charge is -2.14. The zero-order valence-electron chi connectivity index (χ0n) is 15.9. The molecule has 0 saturated carbocycles. The molecule has 30 heavy (non-hydrogen) atoms. The van der Waals surface area contributed by atoms with Crippen molar-refractivity contribution in [2.75, 3.05) is 0 Å². The Morgan fingerprint density at radius 1 is 0.733 bits per heavy atom. The number of rotatable bonds is 3. The van der Waals surface area contributed by atoms with Gasteiger partial charge >= 0.3 is 0 Å². The van der Waals surface area contributed by atoms with Crippen molar-refractivity contribution in [1.82, 2.24) is 4.98 Å². The van der Waals surface area contributed by atoms with Gasteiger partial charge in [-0.25, -0.2) is 4.98 Å². The Hall–Kier alpha value is -3.94. The fourth-order valence-electron chi connectivity index (χ4n) is 3.57. The molecular weight excluding hydrogens is 388 g/mol. The minimum absolute atomic E-state index is 0.188. The monoisotopic (exact) mass is 404 g/mol. The van der Waals surface area contributed by atoms with E-state index in [0.717, 1.165) is 37.5 Å². The molecule has 1 heterocycles. The fourth-order valence-corrected chi connectivity index (χ4v) is 4.56. The van der Waals surface area contributed by atoms with Gasteiger partial charge in [-0.2, -0.15) is 5.26 Å². The van der Waals surface area contributed by atoms with Crippen molar-refractivity contribution in [3.05, 3.63) is 96.6 Å². The minimum atomic E-state index is 0.188. The molecular formula is C26H16N2OS. The second-order valence-corrected chi connectivity index (χ2v) is 7.99. The number of nitriles is 1. The summed E-state index contributed by atoms with van der Waals surface area (Å²) in [7, 11) is 0. The van der Waals surface area contributed by atoms with Crippen LogP contribution in [0.25, 0.3) is 43.0 Å². The van der Waals surface area contributed by atoms with E-state index in [-0.39, 0.29) is 5.75 Å². The zero-order chi connectivity index (χ0) is 20.5. The Bertz CT molecular complexity index is 1360. The van der Waals surface area contributed by atoms with Gasteiger partial charge in [0.05, 0.1) is 27.4 Å². The number of benzene rings is 4. The SMILES string of the molecule is N#Cc1ccc(-c2cc(O)c(-c3nc4ccccc4s3)cc2-c2ccccc2)cc1. The highest BCUT2D eigenvalue weighted by molar-refractivity contribution is 7.21. The topological polar surface area (TPSA) is 56.9 Å². The van der Waals surface area contributed by atoms with Gasteiger partial charge in [0, 0.05) is 0 Å². The number of thiazole rings is 1.